The van der Waals surface area contributed by atoms with Crippen LogP contribution in [0.25, 0.3) is 0 Å². The average molecular weight is 266 g/mol. The van der Waals surface area contributed by atoms with Crippen LogP contribution < -0.4 is 5.73 Å². The lowest BCUT2D eigenvalue weighted by atomic mass is 10.0. The van der Waals surface area contributed by atoms with Gasteiger partial charge in [-0.2, -0.15) is 0 Å². The molecule has 6 heteroatoms. The predicted octanol–water partition coefficient (Wildman–Crippen LogP) is 0.906. The van der Waals surface area contributed by atoms with Crippen molar-refractivity contribution >= 4 is 11.9 Å². The van der Waals surface area contributed by atoms with E-state index in [4.69, 9.17) is 14.9 Å². The highest BCUT2D eigenvalue weighted by Crippen LogP contribution is 2.21. The van der Waals surface area contributed by atoms with E-state index in [-0.39, 0.29) is 24.2 Å². The Balaban J connectivity index is 2.17. The minimum Gasteiger partial charge on any atom is -0.467 e. The van der Waals surface area contributed by atoms with Gasteiger partial charge in [0.2, 0.25) is 0 Å². The minimum absolute atomic E-state index is 0.219. The molecule has 0 aromatic carbocycles. The van der Waals surface area contributed by atoms with Gasteiger partial charge in [-0.1, -0.05) is 0 Å². The summed E-state index contributed by atoms with van der Waals surface area (Å²) in [5.41, 5.74) is 5.45. The van der Waals surface area contributed by atoms with Crippen LogP contribution in [0.1, 0.15) is 35.6 Å². The minimum atomic E-state index is -0.516. The number of hydrogen-bond acceptors (Lipinski definition) is 5. The second-order valence-electron chi connectivity index (χ2n) is 4.50. The molecule has 104 valence electrons. The molecule has 2 heterocycles. The maximum absolute atomic E-state index is 12.3. The first-order chi connectivity index (χ1) is 9.17. The third kappa shape index (κ3) is 2.78. The first-order valence-corrected chi connectivity index (χ1v) is 6.35. The second kappa shape index (κ2) is 5.88. The molecule has 1 aliphatic heterocycles. The molecule has 1 aromatic rings. The van der Waals surface area contributed by atoms with Crippen LogP contribution in [0, 0.1) is 0 Å². The van der Waals surface area contributed by atoms with E-state index < -0.39 is 6.04 Å². The molecule has 1 saturated heterocycles. The second-order valence-corrected chi connectivity index (χ2v) is 4.50. The summed E-state index contributed by atoms with van der Waals surface area (Å²) >= 11 is 0. The summed E-state index contributed by atoms with van der Waals surface area (Å²) in [7, 11) is 1.33. The van der Waals surface area contributed by atoms with E-state index in [1.807, 2.05) is 0 Å². The molecule has 2 rings (SSSR count). The number of furan rings is 1. The van der Waals surface area contributed by atoms with E-state index in [1.165, 1.54) is 12.0 Å². The van der Waals surface area contributed by atoms with Crippen LogP contribution in [0.4, 0.5) is 0 Å². The molecule has 6 nitrogen and oxygen atoms in total. The van der Waals surface area contributed by atoms with Crippen molar-refractivity contribution in [2.24, 2.45) is 5.73 Å². The van der Waals surface area contributed by atoms with Crippen molar-refractivity contribution < 1.29 is 18.7 Å². The monoisotopic (exact) mass is 266 g/mol. The summed E-state index contributed by atoms with van der Waals surface area (Å²) in [6.45, 7) is 0.783. The maximum Gasteiger partial charge on any atom is 0.328 e. The van der Waals surface area contributed by atoms with Gasteiger partial charge >= 0.3 is 5.97 Å². The smallest absolute Gasteiger partial charge is 0.328 e. The Hall–Kier alpha value is -1.82. The number of piperidine rings is 1. The third-order valence-corrected chi connectivity index (χ3v) is 3.31. The summed E-state index contributed by atoms with van der Waals surface area (Å²) < 4.78 is 10.1. The van der Waals surface area contributed by atoms with Crippen LogP contribution in [0.15, 0.2) is 16.5 Å². The Morgan fingerprint density at radius 2 is 2.26 bits per heavy atom. The molecule has 1 aromatic heterocycles. The van der Waals surface area contributed by atoms with Gasteiger partial charge in [-0.15, -0.1) is 0 Å². The number of nitrogens with zero attached hydrogens (tertiary/aromatic N) is 1. The predicted molar refractivity (Wildman–Crippen MR) is 67.3 cm³/mol. The molecular weight excluding hydrogens is 248 g/mol. The van der Waals surface area contributed by atoms with Gasteiger partial charge in [0.15, 0.2) is 5.76 Å². The first kappa shape index (κ1) is 13.6. The Bertz CT molecular complexity index is 469. The van der Waals surface area contributed by atoms with Crippen molar-refractivity contribution in [2.45, 2.75) is 31.8 Å². The molecule has 0 saturated carbocycles. The van der Waals surface area contributed by atoms with Crippen molar-refractivity contribution in [3.63, 3.8) is 0 Å². The molecule has 0 spiro atoms. The van der Waals surface area contributed by atoms with Gasteiger partial charge in [0.1, 0.15) is 11.8 Å². The van der Waals surface area contributed by atoms with Gasteiger partial charge < -0.3 is 19.8 Å². The van der Waals surface area contributed by atoms with E-state index >= 15 is 0 Å². The number of carbonyl (C=O) groups is 2. The normalized spacial score (nSPS) is 19.3. The highest BCUT2D eigenvalue weighted by atomic mass is 16.5. The number of hydrogen-bond donors (Lipinski definition) is 1. The van der Waals surface area contributed by atoms with E-state index in [1.54, 1.807) is 12.1 Å². The number of ether oxygens (including phenoxy) is 1. The zero-order valence-electron chi connectivity index (χ0n) is 10.9. The van der Waals surface area contributed by atoms with Crippen LogP contribution in [-0.2, 0) is 16.1 Å². The van der Waals surface area contributed by atoms with Crippen molar-refractivity contribution in [1.82, 2.24) is 4.90 Å². The van der Waals surface area contributed by atoms with Gasteiger partial charge in [0, 0.05) is 6.54 Å². The summed E-state index contributed by atoms with van der Waals surface area (Å²) in [4.78, 5) is 25.6. The van der Waals surface area contributed by atoms with Crippen molar-refractivity contribution in [3.8, 4) is 0 Å². The Kier molecular flexibility index (Phi) is 4.21. The van der Waals surface area contributed by atoms with E-state index in [0.717, 1.165) is 12.8 Å². The highest BCUT2D eigenvalue weighted by molar-refractivity contribution is 5.94. The van der Waals surface area contributed by atoms with Gasteiger partial charge in [-0.05, 0) is 31.4 Å². The number of methoxy groups -OCH3 is 1. The van der Waals surface area contributed by atoms with Crippen LogP contribution in [0.3, 0.4) is 0 Å². The summed E-state index contributed by atoms with van der Waals surface area (Å²) in [6.07, 6.45) is 2.42. The van der Waals surface area contributed by atoms with Crippen molar-refractivity contribution in [3.05, 3.63) is 23.7 Å². The molecule has 1 amide bonds. The molecule has 1 unspecified atom stereocenters. The Labute approximate surface area is 111 Å². The highest BCUT2D eigenvalue weighted by Gasteiger charge is 2.34. The van der Waals surface area contributed by atoms with Crippen molar-refractivity contribution in [2.75, 3.05) is 13.7 Å². The van der Waals surface area contributed by atoms with Crippen LogP contribution in [0.5, 0.6) is 0 Å². The Morgan fingerprint density at radius 3 is 2.89 bits per heavy atom. The number of amides is 1. The maximum atomic E-state index is 12.3. The Morgan fingerprint density at radius 1 is 1.47 bits per heavy atom. The lowest BCUT2D eigenvalue weighted by Gasteiger charge is -2.33. The molecule has 1 fully saturated rings. The SMILES string of the molecule is COC(=O)C1CCCCN1C(=O)c1ccc(CN)o1. The average Bonchev–Trinajstić information content (AvgIpc) is 2.94. The van der Waals surface area contributed by atoms with E-state index in [0.29, 0.717) is 18.7 Å². The molecule has 1 atom stereocenters. The fourth-order valence-electron chi connectivity index (χ4n) is 2.30. The van der Waals surface area contributed by atoms with Crippen LogP contribution >= 0.6 is 0 Å². The third-order valence-electron chi connectivity index (χ3n) is 3.31. The summed E-state index contributed by atoms with van der Waals surface area (Å²) in [5.74, 6) is 0.111. The number of carbonyl (C=O) groups excluding carboxylic acids is 2. The van der Waals surface area contributed by atoms with Gasteiger partial charge in [-0.25, -0.2) is 4.79 Å². The number of rotatable bonds is 3. The van der Waals surface area contributed by atoms with Crippen molar-refractivity contribution in [1.29, 1.82) is 0 Å². The van der Waals surface area contributed by atoms with Crippen LogP contribution in [0.2, 0.25) is 0 Å². The fourth-order valence-corrected chi connectivity index (χ4v) is 2.30. The number of nitrogens with two attached hydrogens (primary N) is 1. The molecule has 2 N–H and O–H groups in total. The van der Waals surface area contributed by atoms with Gasteiger partial charge in [-0.3, -0.25) is 4.79 Å². The molecule has 0 aliphatic carbocycles. The largest absolute Gasteiger partial charge is 0.467 e. The summed E-state index contributed by atoms with van der Waals surface area (Å²) in [5, 5.41) is 0. The summed E-state index contributed by atoms with van der Waals surface area (Å²) in [6, 6.07) is 2.75. The fraction of sp³-hybridized carbons (Fsp3) is 0.538. The quantitative estimate of drug-likeness (QED) is 0.822. The number of likely N-dealkylation sites (tertiary alicyclic amines) is 1. The standard InChI is InChI=1S/C13H18N2O4/c1-18-13(17)10-4-2-3-7-15(10)12(16)11-6-5-9(8-14)19-11/h5-6,10H,2-4,7-8,14H2,1H3. The zero-order valence-corrected chi connectivity index (χ0v) is 10.9. The van der Waals surface area contributed by atoms with E-state index in [2.05, 4.69) is 0 Å². The molecule has 0 bridgehead atoms. The molecular formula is C13H18N2O4. The lowest BCUT2D eigenvalue weighted by molar-refractivity contribution is -0.147. The van der Waals surface area contributed by atoms with Gasteiger partial charge in [0.05, 0.1) is 13.7 Å². The van der Waals surface area contributed by atoms with E-state index in [9.17, 15) is 9.59 Å². The molecule has 19 heavy (non-hydrogen) atoms. The topological polar surface area (TPSA) is 85.8 Å². The zero-order chi connectivity index (χ0) is 13.8. The first-order valence-electron chi connectivity index (χ1n) is 6.35. The van der Waals surface area contributed by atoms with Crippen LogP contribution in [-0.4, -0.2) is 36.5 Å². The molecule has 0 radical (unpaired) electrons. The number of esters is 1. The van der Waals surface area contributed by atoms with Gasteiger partial charge in [0.25, 0.3) is 5.91 Å². The molecule has 1 aliphatic rings. The lowest BCUT2D eigenvalue weighted by Crippen LogP contribution is -2.48.